The van der Waals surface area contributed by atoms with Crippen molar-refractivity contribution in [2.45, 2.75) is 45.7 Å². The van der Waals surface area contributed by atoms with Crippen LogP contribution >= 0.6 is 0 Å². The highest BCUT2D eigenvalue weighted by Crippen LogP contribution is 2.22. The molecule has 0 bridgehead atoms. The van der Waals surface area contributed by atoms with Gasteiger partial charge in [-0.15, -0.1) is 0 Å². The van der Waals surface area contributed by atoms with E-state index in [-0.39, 0.29) is 17.2 Å². The quantitative estimate of drug-likeness (QED) is 0.653. The zero-order chi connectivity index (χ0) is 23.6. The van der Waals surface area contributed by atoms with Crippen molar-refractivity contribution in [2.24, 2.45) is 0 Å². The van der Waals surface area contributed by atoms with Gasteiger partial charge in [0.2, 0.25) is 5.91 Å². The van der Waals surface area contributed by atoms with E-state index >= 15 is 0 Å². The first kappa shape index (κ1) is 23.0. The first-order valence-corrected chi connectivity index (χ1v) is 11.6. The average molecular weight is 448 g/mol. The minimum atomic E-state index is -0.565. The van der Waals surface area contributed by atoms with Crippen LogP contribution in [0.1, 0.15) is 49.3 Å². The summed E-state index contributed by atoms with van der Waals surface area (Å²) in [6.45, 7) is 11.8. The summed E-state index contributed by atoms with van der Waals surface area (Å²) < 4.78 is 2.02. The summed E-state index contributed by atoms with van der Waals surface area (Å²) >= 11 is 0. The van der Waals surface area contributed by atoms with Crippen molar-refractivity contribution in [2.75, 3.05) is 26.2 Å². The second kappa shape index (κ2) is 9.35. The SMILES string of the molecule is CC(NC(=O)c1ccc(C(C)(C)C)cc1)C(=O)N1CCN(Cc2cn3ccccc3n2)CC1. The van der Waals surface area contributed by atoms with E-state index in [9.17, 15) is 9.59 Å². The Morgan fingerprint density at radius 3 is 2.36 bits per heavy atom. The lowest BCUT2D eigenvalue weighted by Gasteiger charge is -2.35. The Morgan fingerprint density at radius 1 is 1.03 bits per heavy atom. The number of nitrogens with zero attached hydrogens (tertiary/aromatic N) is 4. The Bertz CT molecular complexity index is 1090. The fourth-order valence-electron chi connectivity index (χ4n) is 4.16. The number of benzene rings is 1. The number of rotatable bonds is 5. The van der Waals surface area contributed by atoms with Gasteiger partial charge in [-0.3, -0.25) is 14.5 Å². The summed E-state index contributed by atoms with van der Waals surface area (Å²) in [5.74, 6) is -0.260. The number of fused-ring (bicyclic) bond motifs is 1. The molecule has 7 heteroatoms. The molecule has 0 aliphatic carbocycles. The number of carbonyl (C=O) groups excluding carboxylic acids is 2. The zero-order valence-electron chi connectivity index (χ0n) is 19.9. The van der Waals surface area contributed by atoms with Crippen molar-refractivity contribution in [1.82, 2.24) is 24.5 Å². The molecule has 2 aromatic heterocycles. The van der Waals surface area contributed by atoms with Gasteiger partial charge < -0.3 is 14.6 Å². The highest BCUT2D eigenvalue weighted by molar-refractivity contribution is 5.97. The van der Waals surface area contributed by atoms with Crippen LogP contribution in [0.25, 0.3) is 5.65 Å². The van der Waals surface area contributed by atoms with Crippen LogP contribution in [0.5, 0.6) is 0 Å². The Balaban J connectivity index is 1.27. The van der Waals surface area contributed by atoms with Crippen molar-refractivity contribution in [3.63, 3.8) is 0 Å². The van der Waals surface area contributed by atoms with Crippen LogP contribution in [-0.4, -0.2) is 63.2 Å². The number of imidazole rings is 1. The van der Waals surface area contributed by atoms with Crippen molar-refractivity contribution in [3.8, 4) is 0 Å². The first-order valence-electron chi connectivity index (χ1n) is 11.6. The van der Waals surface area contributed by atoms with Crippen LogP contribution in [0.4, 0.5) is 0 Å². The van der Waals surface area contributed by atoms with E-state index in [0.29, 0.717) is 18.7 Å². The monoisotopic (exact) mass is 447 g/mol. The van der Waals surface area contributed by atoms with Crippen molar-refractivity contribution < 1.29 is 9.59 Å². The molecule has 0 radical (unpaired) electrons. The van der Waals surface area contributed by atoms with Gasteiger partial charge in [-0.1, -0.05) is 39.0 Å². The van der Waals surface area contributed by atoms with Crippen LogP contribution in [0.2, 0.25) is 0 Å². The molecule has 1 aliphatic rings. The van der Waals surface area contributed by atoms with Gasteiger partial charge >= 0.3 is 0 Å². The second-order valence-corrected chi connectivity index (χ2v) is 9.82. The van der Waals surface area contributed by atoms with Gasteiger partial charge in [-0.05, 0) is 42.2 Å². The number of hydrogen-bond donors (Lipinski definition) is 1. The van der Waals surface area contributed by atoms with Crippen LogP contribution in [-0.2, 0) is 16.8 Å². The molecule has 2 amide bonds. The number of amides is 2. The fraction of sp³-hybridized carbons (Fsp3) is 0.423. The summed E-state index contributed by atoms with van der Waals surface area (Å²) in [6, 6.07) is 13.0. The largest absolute Gasteiger partial charge is 0.341 e. The molecule has 1 aromatic carbocycles. The smallest absolute Gasteiger partial charge is 0.251 e. The van der Waals surface area contributed by atoms with Crippen LogP contribution < -0.4 is 5.32 Å². The van der Waals surface area contributed by atoms with E-state index in [0.717, 1.165) is 31.0 Å². The fourth-order valence-corrected chi connectivity index (χ4v) is 4.16. The topological polar surface area (TPSA) is 70.0 Å². The molecule has 3 aromatic rings. The minimum absolute atomic E-state index is 0.0334. The standard InChI is InChI=1S/C26H33N5O2/c1-19(27-24(32)20-8-10-21(11-9-20)26(2,3)4)25(33)30-15-13-29(14-16-30)17-22-18-31-12-6-5-7-23(31)28-22/h5-12,18-19H,13-17H2,1-4H3,(H,27,32). The van der Waals surface area contributed by atoms with E-state index in [1.165, 1.54) is 5.56 Å². The molecule has 0 spiro atoms. The van der Waals surface area contributed by atoms with E-state index in [4.69, 9.17) is 0 Å². The van der Waals surface area contributed by atoms with Gasteiger partial charge in [-0.2, -0.15) is 0 Å². The third-order valence-corrected chi connectivity index (χ3v) is 6.21. The van der Waals surface area contributed by atoms with E-state index in [2.05, 4.69) is 42.2 Å². The highest BCUT2D eigenvalue weighted by atomic mass is 16.2. The maximum atomic E-state index is 12.9. The van der Waals surface area contributed by atoms with Gasteiger partial charge in [0.1, 0.15) is 11.7 Å². The Kier molecular flexibility index (Phi) is 6.51. The lowest BCUT2D eigenvalue weighted by molar-refractivity contribution is -0.134. The molecular formula is C26H33N5O2. The molecule has 3 heterocycles. The lowest BCUT2D eigenvalue weighted by Crippen LogP contribution is -2.53. The number of carbonyl (C=O) groups is 2. The average Bonchev–Trinajstić information content (AvgIpc) is 3.21. The molecule has 1 saturated heterocycles. The van der Waals surface area contributed by atoms with Gasteiger partial charge in [0.15, 0.2) is 0 Å². The predicted molar refractivity (Wildman–Crippen MR) is 129 cm³/mol. The summed E-state index contributed by atoms with van der Waals surface area (Å²) in [6.07, 6.45) is 4.05. The van der Waals surface area contributed by atoms with Crippen LogP contribution in [0.3, 0.4) is 0 Å². The third kappa shape index (κ3) is 5.42. The summed E-state index contributed by atoms with van der Waals surface area (Å²) in [5.41, 5.74) is 3.74. The molecular weight excluding hydrogens is 414 g/mol. The second-order valence-electron chi connectivity index (χ2n) is 9.82. The lowest BCUT2D eigenvalue weighted by atomic mass is 9.86. The summed E-state index contributed by atoms with van der Waals surface area (Å²) in [4.78, 5) is 34.4. The van der Waals surface area contributed by atoms with Crippen LogP contribution in [0.15, 0.2) is 54.9 Å². The number of piperazine rings is 1. The number of hydrogen-bond acceptors (Lipinski definition) is 4. The summed E-state index contributed by atoms with van der Waals surface area (Å²) in [7, 11) is 0. The van der Waals surface area contributed by atoms with Gasteiger partial charge in [0.05, 0.1) is 5.69 Å². The van der Waals surface area contributed by atoms with Gasteiger partial charge in [0.25, 0.3) is 5.91 Å². The number of nitrogens with one attached hydrogen (secondary N) is 1. The normalized spacial score (nSPS) is 16.1. The maximum absolute atomic E-state index is 12.9. The van der Waals surface area contributed by atoms with E-state index in [1.54, 1.807) is 6.92 Å². The minimum Gasteiger partial charge on any atom is -0.341 e. The number of pyridine rings is 1. The number of aromatic nitrogens is 2. The summed E-state index contributed by atoms with van der Waals surface area (Å²) in [5, 5.41) is 2.86. The molecule has 1 fully saturated rings. The molecule has 4 rings (SSSR count). The van der Waals surface area contributed by atoms with Crippen molar-refractivity contribution >= 4 is 17.5 Å². The molecule has 33 heavy (non-hydrogen) atoms. The van der Waals surface area contributed by atoms with Crippen molar-refractivity contribution in [3.05, 3.63) is 71.7 Å². The molecule has 1 unspecified atom stereocenters. The maximum Gasteiger partial charge on any atom is 0.251 e. The molecule has 1 aliphatic heterocycles. The van der Waals surface area contributed by atoms with E-state index < -0.39 is 6.04 Å². The first-order chi connectivity index (χ1) is 15.7. The Labute approximate surface area is 195 Å². The van der Waals surface area contributed by atoms with Crippen molar-refractivity contribution in [1.29, 1.82) is 0 Å². The Morgan fingerprint density at radius 2 is 1.73 bits per heavy atom. The van der Waals surface area contributed by atoms with Gasteiger partial charge in [0, 0.05) is 50.7 Å². The molecule has 1 N–H and O–H groups in total. The predicted octanol–water partition coefficient (Wildman–Crippen LogP) is 3.09. The molecule has 0 saturated carbocycles. The van der Waals surface area contributed by atoms with Crippen LogP contribution in [0, 0.1) is 0 Å². The molecule has 1 atom stereocenters. The molecule has 174 valence electrons. The third-order valence-electron chi connectivity index (χ3n) is 6.21. The zero-order valence-corrected chi connectivity index (χ0v) is 19.9. The molecule has 7 nitrogen and oxygen atoms in total. The highest BCUT2D eigenvalue weighted by Gasteiger charge is 2.26. The Hall–Kier alpha value is -3.19. The van der Waals surface area contributed by atoms with Gasteiger partial charge in [-0.25, -0.2) is 4.98 Å². The van der Waals surface area contributed by atoms with E-state index in [1.807, 2.05) is 58.0 Å².